The number of fused-ring (bicyclic) bond motifs is 6. The van der Waals surface area contributed by atoms with Crippen molar-refractivity contribution in [3.8, 4) is 45.0 Å². The number of carbonyl (C=O) groups excluding carboxylic acids is 2. The topological polar surface area (TPSA) is 255 Å². The van der Waals surface area contributed by atoms with Gasteiger partial charge in [0, 0.05) is 117 Å². The van der Waals surface area contributed by atoms with Crippen molar-refractivity contribution in [2.24, 2.45) is 0 Å². The van der Waals surface area contributed by atoms with Crippen molar-refractivity contribution in [1.82, 2.24) is 74.9 Å². The molecule has 8 aromatic heterocycles. The van der Waals surface area contributed by atoms with Gasteiger partial charge in [0.15, 0.2) is 22.3 Å². The van der Waals surface area contributed by atoms with Crippen LogP contribution in [0.2, 0.25) is 5.15 Å². The molecule has 0 aliphatic carbocycles. The molecule has 748 valence electrons. The zero-order chi connectivity index (χ0) is 102. The molecule has 0 bridgehead atoms. The second kappa shape index (κ2) is 55.6. The summed E-state index contributed by atoms with van der Waals surface area (Å²) in [6.07, 6.45) is 25.1. The molecular weight excluding hydrogens is 1900 g/mol. The Hall–Kier alpha value is -15.3. The normalized spacial score (nSPS) is 14.4. The lowest BCUT2D eigenvalue weighted by Crippen LogP contribution is -2.36. The van der Waals surface area contributed by atoms with Crippen molar-refractivity contribution in [3.63, 3.8) is 0 Å². The molecule has 2 amide bonds. The third kappa shape index (κ3) is 28.7. The van der Waals surface area contributed by atoms with Gasteiger partial charge in [0.2, 0.25) is 0 Å². The average Bonchev–Trinajstić information content (AvgIpc) is 1.19. The lowest BCUT2D eigenvalue weighted by Gasteiger charge is -2.32. The second-order valence-corrected chi connectivity index (χ2v) is 35.2. The van der Waals surface area contributed by atoms with Gasteiger partial charge in [-0.1, -0.05) is 251 Å². The number of nitrogens with one attached hydrogen (secondary N) is 3. The molecule has 18 aromatic rings. The molecule has 2 saturated heterocycles. The highest BCUT2D eigenvalue weighted by Gasteiger charge is 2.34. The van der Waals surface area contributed by atoms with Crippen molar-refractivity contribution in [1.29, 1.82) is 0 Å². The zero-order valence-corrected chi connectivity index (χ0v) is 82.8. The van der Waals surface area contributed by atoms with Crippen molar-refractivity contribution < 1.29 is 41.7 Å². The minimum atomic E-state index is -0.439. The Labute approximate surface area is 863 Å². The predicted octanol–water partition coefficient (Wildman–Crippen LogP) is 29.9. The van der Waals surface area contributed by atoms with Crippen LogP contribution in [0, 0.1) is 23.3 Å². The highest BCUT2D eigenvalue weighted by atomic mass is 35.5. The number of imidazole rings is 2. The lowest BCUT2D eigenvalue weighted by molar-refractivity contribution is 0.0830. The van der Waals surface area contributed by atoms with Gasteiger partial charge in [-0.3, -0.25) is 9.80 Å². The molecule has 0 spiro atoms. The Bertz CT molecular complexity index is 7290. The maximum absolute atomic E-state index is 14.0. The second-order valence-electron chi connectivity index (χ2n) is 34.0. The van der Waals surface area contributed by atoms with E-state index >= 15 is 0 Å². The maximum Gasteiger partial charge on any atom is 0.410 e. The molecule has 21 rings (SSSR count). The number of hydrogen-bond acceptors (Lipinski definition) is 17. The number of allylic oxidation sites excluding steroid dienone is 2. The highest BCUT2D eigenvalue weighted by Crippen LogP contribution is 2.44. The van der Waals surface area contributed by atoms with E-state index in [0.29, 0.717) is 81.7 Å². The number of carbonyl (C=O) groups is 2. The number of aliphatic hydroxyl groups excluding tert-OH is 1. The fourth-order valence-electron chi connectivity index (χ4n) is 17.8. The predicted molar refractivity (Wildman–Crippen MR) is 582 cm³/mol. The summed E-state index contributed by atoms with van der Waals surface area (Å²) < 4.78 is 67.0. The Morgan fingerprint density at radius 1 is 0.493 bits per heavy atom. The van der Waals surface area contributed by atoms with Gasteiger partial charge in [-0.05, 0) is 154 Å². The first-order chi connectivity index (χ1) is 71.1. The van der Waals surface area contributed by atoms with E-state index in [0.717, 1.165) is 158 Å². The van der Waals surface area contributed by atoms with E-state index in [4.69, 9.17) is 69.3 Å². The van der Waals surface area contributed by atoms with Crippen molar-refractivity contribution >= 4 is 119 Å². The van der Waals surface area contributed by atoms with Gasteiger partial charge >= 0.3 is 12.2 Å². The van der Waals surface area contributed by atoms with E-state index < -0.39 is 6.09 Å². The molecule has 2 fully saturated rings. The first-order valence-electron chi connectivity index (χ1n) is 48.2. The number of aromatic nitrogens is 12. The van der Waals surface area contributed by atoms with Crippen LogP contribution < -0.4 is 10.2 Å². The Morgan fingerprint density at radius 2 is 0.925 bits per heavy atom. The largest absolute Gasteiger partial charge is 0.445 e. The number of anilines is 1. The smallest absolute Gasteiger partial charge is 0.410 e. The molecule has 3 unspecified atom stereocenters. The van der Waals surface area contributed by atoms with Crippen molar-refractivity contribution in [2.45, 2.75) is 129 Å². The molecular formula is C118H117Cl3F4N16O5. The van der Waals surface area contributed by atoms with E-state index in [2.05, 4.69) is 119 Å². The molecule has 3 aliphatic rings. The number of aromatic amines is 2. The number of benzene rings is 10. The fourth-order valence-corrected chi connectivity index (χ4v) is 18.0. The Morgan fingerprint density at radius 3 is 1.42 bits per heavy atom. The summed E-state index contributed by atoms with van der Waals surface area (Å²) in [5.41, 5.74) is 18.6. The van der Waals surface area contributed by atoms with Crippen molar-refractivity contribution in [2.75, 3.05) is 43.0 Å². The van der Waals surface area contributed by atoms with Crippen LogP contribution in [0.4, 0.5) is 33.0 Å². The van der Waals surface area contributed by atoms with Crippen LogP contribution in [0.15, 0.2) is 355 Å². The van der Waals surface area contributed by atoms with Gasteiger partial charge in [-0.25, -0.2) is 77.0 Å². The number of amides is 2. The van der Waals surface area contributed by atoms with Crippen LogP contribution in [0.1, 0.15) is 149 Å². The van der Waals surface area contributed by atoms with Gasteiger partial charge in [-0.15, -0.1) is 49.5 Å². The first-order valence-corrected chi connectivity index (χ1v) is 49.6. The minimum absolute atomic E-state index is 0. The van der Waals surface area contributed by atoms with Crippen molar-refractivity contribution in [3.05, 3.63) is 417 Å². The van der Waals surface area contributed by atoms with E-state index in [1.54, 1.807) is 47.6 Å². The highest BCUT2D eigenvalue weighted by molar-refractivity contribution is 6.40. The van der Waals surface area contributed by atoms with Crippen LogP contribution in [-0.4, -0.2) is 125 Å². The standard InChI is InChI=1S/C31H29FN2O2.C29H25FN2O2.C26H23FN6.C21H21FN2.C5H3ClN4.C2H6O.C2H4.CH2Cl2.CH4/c1-3-5-16-29(34(19-4-2)31(35)36-22-23-12-8-6-9-13-23)27-20-25-17-18-26(32)21-28(25)33-30(27)24-14-10-7-11-15-24;30-24-16-15-23-18-25(28(31-26(23)19-24)22-12-6-2-7-13-22)27-14-8-3-9-17-32(27)29(33)34-20-21-10-4-1-5-11-21;27-19-11-10-18-13-20(23(32-21(18)14-19)17-7-3-1-4-8-17)22-9-5-2-6-12-33(22)26-24-25(29-15-28-24)30-16-31-26;22-17-11-10-16-13-18(19-9-5-2-6-12-23-19)21(24-20(16)14-17)15-7-3-1-4-8-15;6-4-3-5(9-1-7-3)10-2-8-4;1-2-3;1-2;2-1-3;/h3-4,6-15,17-18,20-21,29H,1-2,5,16,19,22H2;1-7,9-13,15-16,18-19,27H,8,14,17,20H2;1,3-4,7-8,10-11,13-16,22H,2,5-6,9,12H2,(H,28,29,30,31);1,3-4,7-8,10-11,13-14,19,23H,2,5-6,9,12H2;1-2H,(H,7,8,9,10);3H,2H2,1H3;1-2H2;1H2;1H4/t29-;;;;;;;;/m0......../s1. The van der Waals surface area contributed by atoms with Crippen LogP contribution in [0.3, 0.4) is 0 Å². The van der Waals surface area contributed by atoms with Gasteiger partial charge in [0.1, 0.15) is 60.2 Å². The molecule has 11 heterocycles. The number of pyridine rings is 4. The number of rotatable bonds is 19. The number of nitrogens with zero attached hydrogens (tertiary/aromatic N) is 13. The van der Waals surface area contributed by atoms with E-state index in [-0.39, 0.29) is 80.1 Å². The van der Waals surface area contributed by atoms with Crippen LogP contribution in [0.5, 0.6) is 0 Å². The number of ether oxygens (including phenoxy) is 2. The Balaban J connectivity index is 0.000000154. The number of halogens is 7. The molecule has 146 heavy (non-hydrogen) atoms. The SMILES string of the molecule is C.C=C.C=CCC[C@@H](c1cc2ccc(F)cc2nc1-c1ccccc1)N(CC=C)C(=O)OCc1ccccc1.CCO.ClCCl.Clc1ncnc2nc[nH]c12.Fc1ccc2cc(C3CCCCCN3)c(-c3ccccc3)nc2c1.Fc1ccc2cc(C3CCCCCN3c3ncnc4nc[nH]c34)c(-c3ccccc3)nc2c1.O=C(OCc1ccccc1)N1CC=CCCC1c1cc2ccc(F)cc2nc1-c1ccccc1. The number of alkyl halides is 2. The quantitative estimate of drug-likeness (QED) is 0.0254. The number of H-pyrrole nitrogens is 2. The van der Waals surface area contributed by atoms with Crippen LogP contribution >= 0.6 is 34.8 Å². The zero-order valence-electron chi connectivity index (χ0n) is 80.5. The van der Waals surface area contributed by atoms with Gasteiger partial charge in [-0.2, -0.15) is 0 Å². The summed E-state index contributed by atoms with van der Waals surface area (Å²) in [4.78, 5) is 82.9. The summed E-state index contributed by atoms with van der Waals surface area (Å²) in [6.45, 7) is 18.7. The van der Waals surface area contributed by atoms with E-state index in [1.165, 1.54) is 86.0 Å². The molecule has 0 radical (unpaired) electrons. The summed E-state index contributed by atoms with van der Waals surface area (Å²) in [6, 6.07) is 86.3. The monoisotopic (exact) mass is 2020 g/mol. The number of aliphatic hydroxyl groups is 1. The molecule has 10 aromatic carbocycles. The molecule has 4 N–H and O–H groups in total. The van der Waals surface area contributed by atoms with Gasteiger partial charge < -0.3 is 34.8 Å². The van der Waals surface area contributed by atoms with Gasteiger partial charge in [0.25, 0.3) is 0 Å². The molecule has 28 heteroatoms. The summed E-state index contributed by atoms with van der Waals surface area (Å²) in [5, 5.41) is 15.4. The molecule has 0 saturated carbocycles. The summed E-state index contributed by atoms with van der Waals surface area (Å²) >= 11 is 15.2. The number of hydrogen-bond donors (Lipinski definition) is 4. The summed E-state index contributed by atoms with van der Waals surface area (Å²) in [5.74, 6) is -0.322. The molecule has 3 aliphatic heterocycles. The molecule has 21 nitrogen and oxygen atoms in total. The van der Waals surface area contributed by atoms with Crippen LogP contribution in [0.25, 0.3) is 111 Å². The third-order valence-electron chi connectivity index (χ3n) is 24.5. The first kappa shape index (κ1) is 108. The average molecular weight is 2020 g/mol. The van der Waals surface area contributed by atoms with E-state index in [1.807, 2.05) is 194 Å². The van der Waals surface area contributed by atoms with E-state index in [9.17, 15) is 27.2 Å². The summed E-state index contributed by atoms with van der Waals surface area (Å²) in [7, 11) is 0. The minimum Gasteiger partial charge on any atom is -0.445 e. The maximum atomic E-state index is 14.0. The van der Waals surface area contributed by atoms with Crippen LogP contribution in [-0.2, 0) is 22.7 Å². The molecule has 4 atom stereocenters. The lowest BCUT2D eigenvalue weighted by atomic mass is 9.93. The van der Waals surface area contributed by atoms with Gasteiger partial charge in [0.05, 0.1) is 81.0 Å². The fraction of sp³-hybridized carbons (Fsp3) is 0.220. The Kier molecular flexibility index (Phi) is 41.1. The third-order valence-corrected chi connectivity index (χ3v) is 24.8.